The summed E-state index contributed by atoms with van der Waals surface area (Å²) in [6.07, 6.45) is 7.56. The second kappa shape index (κ2) is 35.4. The first-order valence-electron chi connectivity index (χ1n) is 33.8. The fraction of sp³-hybridized carbons (Fsp3) is 0.457. The lowest BCUT2D eigenvalue weighted by atomic mass is 9.74. The smallest absolute Gasteiger partial charge is 0.333 e. The Labute approximate surface area is 615 Å². The number of allylic oxidation sites excluding steroid dienone is 7. The van der Waals surface area contributed by atoms with Gasteiger partial charge in [-0.2, -0.15) is 38.2 Å². The van der Waals surface area contributed by atoms with Gasteiger partial charge in [0, 0.05) is 93.1 Å². The maximum atomic E-state index is 13.5. The Morgan fingerprint density at radius 2 is 1.06 bits per heavy atom. The SMILES string of the molecule is CC[N+]1=C(/C=C/C2=C(Oc3ccc(S(=O)(=O)O)cc3)C(=C/C=C3/N(CCCC(=O)ON4C(=O)CCC4=O)c4ccc5c(S(=O)(=O)[O-])cc(S(=O)(=O)O)cc5c4C3(C)CCOCCOCCOCCOC)/CCC2)C(C)(CCOCCOCCOCCOC)c2c1ccc1c(S(=O)(=O)O)cc(S(=O)(=O)O)cc21. The molecule has 5 aromatic carbocycles. The molecule has 3 heterocycles. The molecule has 3 aliphatic heterocycles. The minimum atomic E-state index is -5.48. The molecule has 0 spiro atoms. The van der Waals surface area contributed by atoms with Crippen LogP contribution in [-0.2, 0) is 119 Å². The predicted octanol–water partition coefficient (Wildman–Crippen LogP) is 7.48. The Morgan fingerprint density at radius 3 is 1.58 bits per heavy atom. The maximum Gasteiger partial charge on any atom is 0.333 e. The van der Waals surface area contributed by atoms with Gasteiger partial charge in [-0.1, -0.05) is 12.1 Å². The number of ether oxygens (including phenoxy) is 9. The molecule has 4 aliphatic rings. The molecule has 106 heavy (non-hydrogen) atoms. The molecule has 36 heteroatoms. The topological polar surface area (TPSA) is 428 Å². The number of carbonyl (C=O) groups excluding carboxylic acids is 3. The third-order valence-corrected chi connectivity index (χ3v) is 22.8. The summed E-state index contributed by atoms with van der Waals surface area (Å²) in [5, 5.41) is 0.148. The van der Waals surface area contributed by atoms with Gasteiger partial charge in [-0.15, -0.1) is 5.06 Å². The van der Waals surface area contributed by atoms with Crippen LogP contribution in [0, 0.1) is 0 Å². The van der Waals surface area contributed by atoms with Crippen LogP contribution in [0.3, 0.4) is 0 Å². The molecule has 0 saturated carbocycles. The average molecular weight is 1580 g/mol. The summed E-state index contributed by atoms with van der Waals surface area (Å²) < 4.78 is 238. The number of imide groups is 1. The quantitative estimate of drug-likeness (QED) is 0.0128. The van der Waals surface area contributed by atoms with Gasteiger partial charge in [0.25, 0.3) is 52.3 Å². The van der Waals surface area contributed by atoms with Crippen LogP contribution in [0.1, 0.15) is 89.7 Å². The van der Waals surface area contributed by atoms with Crippen LogP contribution in [-0.4, -0.2) is 218 Å². The van der Waals surface area contributed by atoms with E-state index < -0.39 is 104 Å². The molecular formula is C70H85N3O28S5. The second-order valence-corrected chi connectivity index (χ2v) is 32.4. The summed E-state index contributed by atoms with van der Waals surface area (Å²) >= 11 is 0. The molecule has 0 bridgehead atoms. The summed E-state index contributed by atoms with van der Waals surface area (Å²) in [6.45, 7) is 8.69. The Bertz CT molecular complexity index is 4890. The van der Waals surface area contributed by atoms with Crippen LogP contribution in [0.5, 0.6) is 5.75 Å². The highest BCUT2D eigenvalue weighted by atomic mass is 32.2. The molecule has 0 radical (unpaired) electrons. The van der Waals surface area contributed by atoms with Crippen molar-refractivity contribution in [1.82, 2.24) is 5.06 Å². The first-order valence-corrected chi connectivity index (χ1v) is 40.9. The number of hydrogen-bond acceptors (Lipinski definition) is 25. The molecule has 9 rings (SSSR count). The highest BCUT2D eigenvalue weighted by Gasteiger charge is 2.50. The van der Waals surface area contributed by atoms with Crippen LogP contribution >= 0.6 is 0 Å². The largest absolute Gasteiger partial charge is 0.744 e. The number of carbonyl (C=O) groups is 3. The average Bonchev–Trinajstić information content (AvgIpc) is 1.53. The van der Waals surface area contributed by atoms with E-state index in [4.69, 9.17) is 47.5 Å². The molecule has 578 valence electrons. The Hall–Kier alpha value is -7.31. The predicted molar refractivity (Wildman–Crippen MR) is 380 cm³/mol. The monoisotopic (exact) mass is 1580 g/mol. The van der Waals surface area contributed by atoms with E-state index in [-0.39, 0.29) is 156 Å². The molecule has 31 nitrogen and oxygen atoms in total. The summed E-state index contributed by atoms with van der Waals surface area (Å²) in [4.78, 5) is 41.6. The van der Waals surface area contributed by atoms with Crippen molar-refractivity contribution in [3.05, 3.63) is 131 Å². The van der Waals surface area contributed by atoms with Crippen molar-refractivity contribution >= 4 is 107 Å². The van der Waals surface area contributed by atoms with Gasteiger partial charge in [-0.25, -0.2) is 13.2 Å². The van der Waals surface area contributed by atoms with Crippen LogP contribution in [0.25, 0.3) is 21.5 Å². The number of benzene rings is 5. The minimum absolute atomic E-state index is 0.0238. The Morgan fingerprint density at radius 1 is 0.557 bits per heavy atom. The third kappa shape index (κ3) is 19.8. The number of anilines is 1. The zero-order valence-electron chi connectivity index (χ0n) is 58.9. The third-order valence-electron chi connectivity index (χ3n) is 18.5. The van der Waals surface area contributed by atoms with Gasteiger partial charge in [0.2, 0.25) is 5.69 Å². The first-order chi connectivity index (χ1) is 50.1. The van der Waals surface area contributed by atoms with E-state index in [1.165, 1.54) is 30.3 Å². The standard InChI is InChI=1S/C70H85N3O28S5/c1-6-71-57-20-18-53-55(43-51(103(80,81)82)45-59(53)105(86,87)88)66(57)69(2,26-29-94-35-37-98-41-39-96-33-31-92-4)61(71)22-12-47-9-7-10-48(68(47)100-49-14-16-50(17-15-49)102(77,78)79)13-23-62-70(3,27-30-95-36-38-99-42-40-97-34-32-93-5)67-56-44-52(104(83,84)85)46-60(106(89,90)91)54(56)19-21-58(67)72(62)28-8-11-65(76)101-73-63(74)24-25-64(73)75/h12-23,43-46H,6-11,24-42H2,1-5H3,(H4-,77,78,79,80,81,82,83,84,85,86,87,88,89,90,91). The van der Waals surface area contributed by atoms with Gasteiger partial charge in [-0.05, 0) is 165 Å². The van der Waals surface area contributed by atoms with Crippen molar-refractivity contribution in [3.63, 3.8) is 0 Å². The molecule has 2 amide bonds. The number of amides is 2. The molecular weight excluding hydrogens is 1490 g/mol. The van der Waals surface area contributed by atoms with E-state index in [0.29, 0.717) is 103 Å². The van der Waals surface area contributed by atoms with Crippen LogP contribution in [0.2, 0.25) is 0 Å². The second-order valence-electron chi connectivity index (χ2n) is 25.4. The van der Waals surface area contributed by atoms with E-state index in [1.807, 2.05) is 24.5 Å². The molecule has 1 saturated heterocycles. The van der Waals surface area contributed by atoms with Crippen molar-refractivity contribution in [2.45, 2.75) is 114 Å². The fourth-order valence-corrected chi connectivity index (χ4v) is 16.6. The highest BCUT2D eigenvalue weighted by Crippen LogP contribution is 2.55. The van der Waals surface area contributed by atoms with Crippen LogP contribution < -0.4 is 9.64 Å². The normalized spacial score (nSPS) is 19.0. The van der Waals surface area contributed by atoms with Gasteiger partial charge in [0.05, 0.1) is 104 Å². The highest BCUT2D eigenvalue weighted by molar-refractivity contribution is 7.87. The Kier molecular flexibility index (Phi) is 27.6. The van der Waals surface area contributed by atoms with Crippen LogP contribution in [0.4, 0.5) is 11.4 Å². The van der Waals surface area contributed by atoms with Gasteiger partial charge in [-0.3, -0.25) is 27.8 Å². The first kappa shape index (κ1) is 82.7. The lowest BCUT2D eigenvalue weighted by Gasteiger charge is -2.31. The van der Waals surface area contributed by atoms with Crippen molar-refractivity contribution < 1.29 is 131 Å². The number of fused-ring (bicyclic) bond motifs is 6. The van der Waals surface area contributed by atoms with Crippen molar-refractivity contribution in [1.29, 1.82) is 0 Å². The number of rotatable bonds is 40. The summed E-state index contributed by atoms with van der Waals surface area (Å²) in [6, 6.07) is 14.2. The molecule has 1 fully saturated rings. The van der Waals surface area contributed by atoms with E-state index >= 15 is 0 Å². The van der Waals surface area contributed by atoms with Gasteiger partial charge < -0.3 is 56.9 Å². The van der Waals surface area contributed by atoms with E-state index in [1.54, 1.807) is 50.3 Å². The Balaban J connectivity index is 1.21. The van der Waals surface area contributed by atoms with Gasteiger partial charge in [0.1, 0.15) is 33.1 Å². The van der Waals surface area contributed by atoms with Crippen molar-refractivity contribution in [3.8, 4) is 5.75 Å². The van der Waals surface area contributed by atoms with E-state index in [2.05, 4.69) is 0 Å². The fourth-order valence-electron chi connectivity index (χ4n) is 13.4. The summed E-state index contributed by atoms with van der Waals surface area (Å²) in [7, 11) is -22.6. The minimum Gasteiger partial charge on any atom is -0.744 e. The zero-order chi connectivity index (χ0) is 77.0. The molecule has 4 N–H and O–H groups in total. The summed E-state index contributed by atoms with van der Waals surface area (Å²) in [5.74, 6) is -2.03. The van der Waals surface area contributed by atoms with E-state index in [0.717, 1.165) is 24.3 Å². The lowest BCUT2D eigenvalue weighted by Crippen LogP contribution is -2.33. The summed E-state index contributed by atoms with van der Waals surface area (Å²) in [5.41, 5.74) is 0.919. The van der Waals surface area contributed by atoms with Gasteiger partial charge >= 0.3 is 5.97 Å². The number of methoxy groups -OCH3 is 2. The molecule has 5 aromatic rings. The van der Waals surface area contributed by atoms with E-state index in [9.17, 15) is 79.2 Å². The molecule has 0 aromatic heterocycles. The lowest BCUT2D eigenvalue weighted by molar-refractivity contribution is -0.433. The number of hydrogen-bond donors (Lipinski definition) is 4. The zero-order valence-corrected chi connectivity index (χ0v) is 63.0. The molecule has 2 atom stereocenters. The van der Waals surface area contributed by atoms with Gasteiger partial charge in [0.15, 0.2) is 5.71 Å². The van der Waals surface area contributed by atoms with Crippen LogP contribution in [0.15, 0.2) is 144 Å². The van der Waals surface area contributed by atoms with Crippen molar-refractivity contribution in [2.75, 3.05) is 125 Å². The van der Waals surface area contributed by atoms with Crippen molar-refractivity contribution in [2.24, 2.45) is 0 Å². The number of hydroxylamine groups is 2. The molecule has 1 aliphatic carbocycles. The molecule has 2 unspecified atom stereocenters. The maximum absolute atomic E-state index is 13.5. The number of nitrogens with zero attached hydrogens (tertiary/aromatic N) is 3.